The van der Waals surface area contributed by atoms with Crippen LogP contribution in [-0.2, 0) is 4.57 Å². The Balaban J connectivity index is 2.30. The number of hydrogen-bond acceptors (Lipinski definition) is 2. The summed E-state index contributed by atoms with van der Waals surface area (Å²) in [6, 6.07) is 2.10. The minimum absolute atomic E-state index is 0.331. The molecule has 7 heteroatoms. The first-order valence-corrected chi connectivity index (χ1v) is 6.97. The highest BCUT2D eigenvalue weighted by atomic mass is 31.2. The summed E-state index contributed by atoms with van der Waals surface area (Å²) in [5.41, 5.74) is 2.04. The predicted molar refractivity (Wildman–Crippen MR) is 61.7 cm³/mol. The van der Waals surface area contributed by atoms with Crippen LogP contribution in [0.1, 0.15) is 40.6 Å². The third-order valence-electron chi connectivity index (χ3n) is 2.89. The van der Waals surface area contributed by atoms with Gasteiger partial charge in [0.05, 0.1) is 5.56 Å². The van der Waals surface area contributed by atoms with Gasteiger partial charge in [0, 0.05) is 17.4 Å². The van der Waals surface area contributed by atoms with E-state index < -0.39 is 13.7 Å². The number of carbonyl (C=O) groups is 1. The molecular formula is C10H15N2O4P. The van der Waals surface area contributed by atoms with Gasteiger partial charge >= 0.3 is 7.75 Å². The number of aromatic nitrogens is 1. The second kappa shape index (κ2) is 3.98. The van der Waals surface area contributed by atoms with Gasteiger partial charge in [-0.15, -0.1) is 0 Å². The molecule has 1 aromatic rings. The van der Waals surface area contributed by atoms with Crippen LogP contribution in [0.2, 0.25) is 0 Å². The largest absolute Gasteiger partial charge is 0.430 e. The van der Waals surface area contributed by atoms with Crippen LogP contribution in [0, 0.1) is 13.8 Å². The number of hydrogen-bond donors (Lipinski definition) is 3. The maximum Gasteiger partial charge on any atom is 0.430 e. The highest BCUT2D eigenvalue weighted by molar-refractivity contribution is 7.50. The van der Waals surface area contributed by atoms with Crippen LogP contribution in [0.25, 0.3) is 0 Å². The second-order valence-electron chi connectivity index (χ2n) is 4.37. The Labute approximate surface area is 98.9 Å². The maximum absolute atomic E-state index is 11.7. The van der Waals surface area contributed by atoms with Gasteiger partial charge in [0.1, 0.15) is 0 Å². The summed E-state index contributed by atoms with van der Waals surface area (Å²) in [6.07, 6.45) is 2.19. The Morgan fingerprint density at radius 2 is 2.06 bits per heavy atom. The molecule has 1 heterocycles. The molecule has 0 spiro atoms. The normalized spacial score (nSPS) is 16.0. The van der Waals surface area contributed by atoms with Gasteiger partial charge in [-0.25, -0.2) is 4.57 Å². The molecule has 1 fully saturated rings. The monoisotopic (exact) mass is 258 g/mol. The van der Waals surface area contributed by atoms with Gasteiger partial charge < -0.3 is 14.4 Å². The first-order chi connectivity index (χ1) is 7.79. The van der Waals surface area contributed by atoms with Gasteiger partial charge in [-0.3, -0.25) is 9.88 Å². The van der Waals surface area contributed by atoms with E-state index in [1.807, 2.05) is 6.92 Å². The van der Waals surface area contributed by atoms with Gasteiger partial charge in [-0.05, 0) is 32.8 Å². The van der Waals surface area contributed by atoms with Crippen molar-refractivity contribution in [2.45, 2.75) is 32.7 Å². The number of nitrogens with zero attached hydrogens (tertiary/aromatic N) is 1. The second-order valence-corrected chi connectivity index (χ2v) is 5.68. The molecule has 2 rings (SSSR count). The standard InChI is InChI=1S/C10H15N2O4P/c1-6-5-9(10(13)11-17(14,15)16)7(2)12(6)8-3-4-8/h5,8H,3-4H2,1-2H3,(H3,11,13,14,15,16). The highest BCUT2D eigenvalue weighted by Crippen LogP contribution is 2.38. The lowest BCUT2D eigenvalue weighted by Gasteiger charge is -2.08. The van der Waals surface area contributed by atoms with Crippen LogP contribution < -0.4 is 5.09 Å². The van der Waals surface area contributed by atoms with E-state index in [1.54, 1.807) is 18.1 Å². The molecule has 0 aliphatic heterocycles. The zero-order valence-electron chi connectivity index (χ0n) is 9.67. The number of amides is 1. The summed E-state index contributed by atoms with van der Waals surface area (Å²) >= 11 is 0. The SMILES string of the molecule is Cc1cc(C(=O)NP(=O)(O)O)c(C)n1C1CC1. The number of nitrogens with one attached hydrogen (secondary N) is 1. The Morgan fingerprint density at radius 3 is 2.53 bits per heavy atom. The van der Waals surface area contributed by atoms with Gasteiger partial charge in [-0.2, -0.15) is 0 Å². The zero-order valence-corrected chi connectivity index (χ0v) is 10.6. The Kier molecular flexibility index (Phi) is 2.89. The maximum atomic E-state index is 11.7. The van der Waals surface area contributed by atoms with Gasteiger partial charge in [0.25, 0.3) is 5.91 Å². The molecule has 1 amide bonds. The fraction of sp³-hybridized carbons (Fsp3) is 0.500. The van der Waals surface area contributed by atoms with Crippen LogP contribution in [-0.4, -0.2) is 20.3 Å². The van der Waals surface area contributed by atoms with Crippen molar-refractivity contribution < 1.29 is 19.1 Å². The predicted octanol–water partition coefficient (Wildman–Crippen LogP) is 1.26. The number of rotatable bonds is 3. The lowest BCUT2D eigenvalue weighted by atomic mass is 10.2. The molecule has 0 bridgehead atoms. The molecule has 0 saturated heterocycles. The number of aryl methyl sites for hydroxylation is 1. The first-order valence-electron chi connectivity index (χ1n) is 5.36. The van der Waals surface area contributed by atoms with E-state index in [1.165, 1.54) is 0 Å². The molecule has 1 aliphatic carbocycles. The van der Waals surface area contributed by atoms with E-state index in [-0.39, 0.29) is 0 Å². The van der Waals surface area contributed by atoms with Crippen LogP contribution in [0.5, 0.6) is 0 Å². The Hall–Kier alpha value is -1.10. The molecule has 1 aliphatic rings. The molecule has 17 heavy (non-hydrogen) atoms. The van der Waals surface area contributed by atoms with Crippen molar-refractivity contribution in [2.75, 3.05) is 0 Å². The van der Waals surface area contributed by atoms with E-state index in [0.29, 0.717) is 11.6 Å². The van der Waals surface area contributed by atoms with Gasteiger partial charge in [-0.1, -0.05) is 0 Å². The molecule has 0 unspecified atom stereocenters. The third-order valence-corrected chi connectivity index (χ3v) is 3.38. The lowest BCUT2D eigenvalue weighted by molar-refractivity contribution is 0.0971. The average molecular weight is 258 g/mol. The molecule has 0 atom stereocenters. The summed E-state index contributed by atoms with van der Waals surface area (Å²) < 4.78 is 12.8. The van der Waals surface area contributed by atoms with Crippen molar-refractivity contribution in [3.05, 3.63) is 23.0 Å². The summed E-state index contributed by atoms with van der Waals surface area (Å²) in [5.74, 6) is -0.724. The lowest BCUT2D eigenvalue weighted by Crippen LogP contribution is -2.20. The van der Waals surface area contributed by atoms with Crippen molar-refractivity contribution in [3.8, 4) is 0 Å². The van der Waals surface area contributed by atoms with E-state index in [9.17, 15) is 9.36 Å². The summed E-state index contributed by atoms with van der Waals surface area (Å²) in [7, 11) is -4.53. The van der Waals surface area contributed by atoms with Crippen molar-refractivity contribution in [1.82, 2.24) is 9.65 Å². The molecule has 6 nitrogen and oxygen atoms in total. The molecule has 1 saturated carbocycles. The van der Waals surface area contributed by atoms with Crippen molar-refractivity contribution in [3.63, 3.8) is 0 Å². The fourth-order valence-electron chi connectivity index (χ4n) is 2.09. The number of carbonyl (C=O) groups excluding carboxylic acids is 1. The van der Waals surface area contributed by atoms with E-state index in [0.717, 1.165) is 24.2 Å². The average Bonchev–Trinajstić information content (AvgIpc) is 2.91. The topological polar surface area (TPSA) is 91.6 Å². The minimum Gasteiger partial charge on any atom is -0.345 e. The van der Waals surface area contributed by atoms with Crippen molar-refractivity contribution >= 4 is 13.7 Å². The Morgan fingerprint density at radius 1 is 1.47 bits per heavy atom. The summed E-state index contributed by atoms with van der Waals surface area (Å²) in [5, 5.41) is 1.69. The smallest absolute Gasteiger partial charge is 0.345 e. The molecule has 0 aromatic carbocycles. The van der Waals surface area contributed by atoms with Crippen LogP contribution in [0.4, 0.5) is 0 Å². The van der Waals surface area contributed by atoms with Crippen LogP contribution in [0.3, 0.4) is 0 Å². The van der Waals surface area contributed by atoms with Crippen LogP contribution >= 0.6 is 7.75 Å². The van der Waals surface area contributed by atoms with E-state index in [4.69, 9.17) is 9.79 Å². The van der Waals surface area contributed by atoms with E-state index in [2.05, 4.69) is 4.57 Å². The van der Waals surface area contributed by atoms with Crippen LogP contribution in [0.15, 0.2) is 6.07 Å². The van der Waals surface area contributed by atoms with Gasteiger partial charge in [0.2, 0.25) is 0 Å². The van der Waals surface area contributed by atoms with E-state index >= 15 is 0 Å². The van der Waals surface area contributed by atoms with Gasteiger partial charge in [0.15, 0.2) is 0 Å². The summed E-state index contributed by atoms with van der Waals surface area (Å²) in [4.78, 5) is 29.1. The minimum atomic E-state index is -4.53. The molecule has 0 radical (unpaired) electrons. The molecule has 1 aromatic heterocycles. The van der Waals surface area contributed by atoms with Crippen molar-refractivity contribution in [1.29, 1.82) is 0 Å². The zero-order chi connectivity index (χ0) is 12.8. The third kappa shape index (κ3) is 2.60. The quantitative estimate of drug-likeness (QED) is 0.712. The molecule has 94 valence electrons. The molecule has 3 N–H and O–H groups in total. The fourth-order valence-corrected chi connectivity index (χ4v) is 2.48. The Bertz CT molecular complexity index is 513. The van der Waals surface area contributed by atoms with Crippen molar-refractivity contribution in [2.24, 2.45) is 0 Å². The molecular weight excluding hydrogens is 243 g/mol. The highest BCUT2D eigenvalue weighted by Gasteiger charge is 2.29. The first kappa shape index (κ1) is 12.4. The summed E-state index contributed by atoms with van der Waals surface area (Å²) in [6.45, 7) is 3.68.